The van der Waals surface area contributed by atoms with Crippen LogP contribution in [0, 0.1) is 34.6 Å². The maximum atomic E-state index is 12.5. The Bertz CT molecular complexity index is 1030. The summed E-state index contributed by atoms with van der Waals surface area (Å²) < 4.78 is 26.0. The Balaban J connectivity index is 2.00. The topological polar surface area (TPSA) is 66.5 Å². The molecule has 0 aliphatic heterocycles. The number of carbonyl (C=O) groups excluding carboxylic acids is 1. The fraction of sp³-hybridized carbons (Fsp3) is 0.458. The molecule has 0 aliphatic rings. The lowest BCUT2D eigenvalue weighted by Gasteiger charge is -2.23. The van der Waals surface area contributed by atoms with Crippen LogP contribution < -0.4 is 9.62 Å². The highest BCUT2D eigenvalue weighted by molar-refractivity contribution is 7.92. The number of nitrogens with one attached hydrogen (secondary N) is 1. The molecule has 0 bridgehead atoms. The Morgan fingerprint density at radius 1 is 0.933 bits per heavy atom. The van der Waals surface area contributed by atoms with E-state index in [1.54, 1.807) is 0 Å². The van der Waals surface area contributed by atoms with Crippen LogP contribution in [-0.2, 0) is 14.8 Å². The Morgan fingerprint density at radius 3 is 2.13 bits per heavy atom. The standard InChI is InChI=1S/C24H34N2O3S/c1-16-10-11-22(14-18(16)3)26(30(7,28)29)12-8-9-24(27)25-21(6)23-15-19(4)17(2)13-20(23)5/h10-11,13-15,21H,8-9,12H2,1-7H3,(H,25,27). The van der Waals surface area contributed by atoms with Gasteiger partial charge in [0.15, 0.2) is 0 Å². The first-order chi connectivity index (χ1) is 13.9. The summed E-state index contributed by atoms with van der Waals surface area (Å²) in [5.74, 6) is -0.0753. The number of sulfonamides is 1. The summed E-state index contributed by atoms with van der Waals surface area (Å²) in [5.41, 5.74) is 7.50. The number of rotatable bonds is 8. The molecular formula is C24H34N2O3S. The number of amides is 1. The minimum Gasteiger partial charge on any atom is -0.350 e. The van der Waals surface area contributed by atoms with Crippen LogP contribution in [0.4, 0.5) is 5.69 Å². The van der Waals surface area contributed by atoms with Crippen molar-refractivity contribution in [3.63, 3.8) is 0 Å². The van der Waals surface area contributed by atoms with E-state index in [2.05, 4.69) is 38.2 Å². The zero-order valence-electron chi connectivity index (χ0n) is 19.2. The maximum absolute atomic E-state index is 12.5. The molecule has 1 N–H and O–H groups in total. The quantitative estimate of drug-likeness (QED) is 0.663. The van der Waals surface area contributed by atoms with Crippen molar-refractivity contribution in [3.8, 4) is 0 Å². The molecule has 2 rings (SSSR count). The molecule has 2 aromatic carbocycles. The van der Waals surface area contributed by atoms with Crippen LogP contribution in [0.25, 0.3) is 0 Å². The van der Waals surface area contributed by atoms with Gasteiger partial charge in [-0.25, -0.2) is 8.42 Å². The van der Waals surface area contributed by atoms with Gasteiger partial charge in [-0.1, -0.05) is 18.2 Å². The summed E-state index contributed by atoms with van der Waals surface area (Å²) in [6, 6.07) is 9.78. The third-order valence-corrected chi connectivity index (χ3v) is 6.86. The van der Waals surface area contributed by atoms with Gasteiger partial charge in [-0.3, -0.25) is 9.10 Å². The molecule has 0 spiro atoms. The normalized spacial score (nSPS) is 12.5. The number of hydrogen-bond donors (Lipinski definition) is 1. The number of carbonyl (C=O) groups is 1. The van der Waals surface area contributed by atoms with Crippen molar-refractivity contribution in [2.45, 2.75) is 60.4 Å². The predicted molar refractivity (Wildman–Crippen MR) is 125 cm³/mol. The van der Waals surface area contributed by atoms with E-state index in [9.17, 15) is 13.2 Å². The molecule has 1 atom stereocenters. The molecule has 2 aromatic rings. The van der Waals surface area contributed by atoms with Crippen LogP contribution in [0.2, 0.25) is 0 Å². The van der Waals surface area contributed by atoms with E-state index in [0.717, 1.165) is 22.3 Å². The minimum atomic E-state index is -3.42. The summed E-state index contributed by atoms with van der Waals surface area (Å²) in [6.07, 6.45) is 1.92. The Labute approximate surface area is 181 Å². The second-order valence-corrected chi connectivity index (χ2v) is 10.2. The predicted octanol–water partition coefficient (Wildman–Crippen LogP) is 4.65. The van der Waals surface area contributed by atoms with Gasteiger partial charge in [0.25, 0.3) is 0 Å². The largest absolute Gasteiger partial charge is 0.350 e. The first-order valence-electron chi connectivity index (χ1n) is 10.3. The summed E-state index contributed by atoms with van der Waals surface area (Å²) in [5, 5.41) is 3.05. The number of hydrogen-bond acceptors (Lipinski definition) is 3. The van der Waals surface area contributed by atoms with E-state index >= 15 is 0 Å². The molecule has 0 saturated carbocycles. The average Bonchev–Trinajstić information content (AvgIpc) is 2.63. The van der Waals surface area contributed by atoms with Crippen molar-refractivity contribution in [2.24, 2.45) is 0 Å². The first-order valence-corrected chi connectivity index (χ1v) is 12.2. The van der Waals surface area contributed by atoms with Gasteiger partial charge in [0, 0.05) is 13.0 Å². The van der Waals surface area contributed by atoms with Crippen molar-refractivity contribution < 1.29 is 13.2 Å². The van der Waals surface area contributed by atoms with Crippen LogP contribution in [0.5, 0.6) is 0 Å². The SMILES string of the molecule is Cc1ccc(N(CCCC(=O)NC(C)c2cc(C)c(C)cc2C)S(C)(=O)=O)cc1C. The summed E-state index contributed by atoms with van der Waals surface area (Å²) >= 11 is 0. The van der Waals surface area contributed by atoms with E-state index in [1.807, 2.05) is 39.0 Å². The average molecular weight is 431 g/mol. The highest BCUT2D eigenvalue weighted by Crippen LogP contribution is 2.23. The molecular weight excluding hydrogens is 396 g/mol. The molecule has 0 heterocycles. The third kappa shape index (κ3) is 6.08. The molecule has 30 heavy (non-hydrogen) atoms. The number of anilines is 1. The van der Waals surface area contributed by atoms with Gasteiger partial charge in [0.2, 0.25) is 15.9 Å². The summed E-state index contributed by atoms with van der Waals surface area (Å²) in [6.45, 7) is 12.4. The molecule has 0 fully saturated rings. The van der Waals surface area contributed by atoms with Crippen molar-refractivity contribution in [3.05, 3.63) is 63.7 Å². The molecule has 0 aliphatic carbocycles. The van der Waals surface area contributed by atoms with Gasteiger partial charge >= 0.3 is 0 Å². The van der Waals surface area contributed by atoms with Crippen LogP contribution in [0.1, 0.15) is 59.2 Å². The van der Waals surface area contributed by atoms with Gasteiger partial charge in [0.05, 0.1) is 18.0 Å². The van der Waals surface area contributed by atoms with E-state index in [-0.39, 0.29) is 24.9 Å². The number of nitrogens with zero attached hydrogens (tertiary/aromatic N) is 1. The zero-order valence-corrected chi connectivity index (χ0v) is 20.0. The number of benzene rings is 2. The maximum Gasteiger partial charge on any atom is 0.232 e. The molecule has 6 heteroatoms. The zero-order chi connectivity index (χ0) is 22.6. The van der Waals surface area contributed by atoms with Gasteiger partial charge in [-0.2, -0.15) is 0 Å². The molecule has 0 aromatic heterocycles. The molecule has 5 nitrogen and oxygen atoms in total. The van der Waals surface area contributed by atoms with E-state index in [1.165, 1.54) is 21.7 Å². The minimum absolute atomic E-state index is 0.0753. The summed E-state index contributed by atoms with van der Waals surface area (Å²) in [4.78, 5) is 12.5. The molecule has 0 radical (unpaired) electrons. The van der Waals surface area contributed by atoms with Crippen LogP contribution >= 0.6 is 0 Å². The second kappa shape index (κ2) is 9.65. The first kappa shape index (κ1) is 23.9. The van der Waals surface area contributed by atoms with Gasteiger partial charge in [-0.05, 0) is 93.5 Å². The van der Waals surface area contributed by atoms with Gasteiger partial charge in [0.1, 0.15) is 0 Å². The van der Waals surface area contributed by atoms with Crippen molar-refractivity contribution in [2.75, 3.05) is 17.1 Å². The number of aryl methyl sites for hydroxylation is 5. The lowest BCUT2D eigenvalue weighted by Crippen LogP contribution is -2.32. The monoisotopic (exact) mass is 430 g/mol. The Morgan fingerprint density at radius 2 is 1.53 bits per heavy atom. The Kier molecular flexibility index (Phi) is 7.70. The van der Waals surface area contributed by atoms with Crippen LogP contribution in [-0.4, -0.2) is 27.1 Å². The molecule has 1 unspecified atom stereocenters. The fourth-order valence-corrected chi connectivity index (χ4v) is 4.55. The lowest BCUT2D eigenvalue weighted by molar-refractivity contribution is -0.121. The fourth-order valence-electron chi connectivity index (χ4n) is 3.59. The van der Waals surface area contributed by atoms with Gasteiger partial charge in [-0.15, -0.1) is 0 Å². The smallest absolute Gasteiger partial charge is 0.232 e. The highest BCUT2D eigenvalue weighted by atomic mass is 32.2. The van der Waals surface area contributed by atoms with E-state index < -0.39 is 10.0 Å². The van der Waals surface area contributed by atoms with Crippen molar-refractivity contribution in [1.82, 2.24) is 5.32 Å². The van der Waals surface area contributed by atoms with E-state index in [0.29, 0.717) is 12.1 Å². The lowest BCUT2D eigenvalue weighted by atomic mass is 9.96. The van der Waals surface area contributed by atoms with Gasteiger partial charge < -0.3 is 5.32 Å². The van der Waals surface area contributed by atoms with Crippen LogP contribution in [0.15, 0.2) is 30.3 Å². The van der Waals surface area contributed by atoms with E-state index in [4.69, 9.17) is 0 Å². The van der Waals surface area contributed by atoms with Crippen molar-refractivity contribution >= 4 is 21.6 Å². The Hall–Kier alpha value is -2.34. The molecule has 0 saturated heterocycles. The van der Waals surface area contributed by atoms with Crippen LogP contribution in [0.3, 0.4) is 0 Å². The molecule has 1 amide bonds. The highest BCUT2D eigenvalue weighted by Gasteiger charge is 2.19. The second-order valence-electron chi connectivity index (χ2n) is 8.29. The summed E-state index contributed by atoms with van der Waals surface area (Å²) in [7, 11) is -3.42. The molecule has 164 valence electrons. The third-order valence-electron chi connectivity index (χ3n) is 5.67. The van der Waals surface area contributed by atoms with Crippen molar-refractivity contribution in [1.29, 1.82) is 0 Å².